The summed E-state index contributed by atoms with van der Waals surface area (Å²) < 4.78 is 52.3. The van der Waals surface area contributed by atoms with Gasteiger partial charge in [0.05, 0.1) is 34.2 Å². The molecule has 3 aromatic rings. The highest BCUT2D eigenvalue weighted by atomic mass is 19.4. The first-order valence-corrected chi connectivity index (χ1v) is 12.6. The van der Waals surface area contributed by atoms with Crippen molar-refractivity contribution in [2.45, 2.75) is 31.5 Å². The van der Waals surface area contributed by atoms with E-state index in [1.165, 1.54) is 33.5 Å². The number of amides is 1. The van der Waals surface area contributed by atoms with Crippen molar-refractivity contribution in [2.75, 3.05) is 21.3 Å². The van der Waals surface area contributed by atoms with Crippen molar-refractivity contribution in [3.63, 3.8) is 0 Å². The minimum absolute atomic E-state index is 0.00431. The Hall–Kier alpha value is -5.34. The van der Waals surface area contributed by atoms with E-state index in [1.807, 2.05) is 30.3 Å². The first kappa shape index (κ1) is 34.9. The minimum atomic E-state index is -5.08. The van der Waals surface area contributed by atoms with E-state index in [4.69, 9.17) is 29.5 Å². The average Bonchev–Trinajstić information content (AvgIpc) is 3.45. The number of nitrogens with zero attached hydrogens (tertiary/aromatic N) is 1. The maximum absolute atomic E-state index is 13.1. The Bertz CT molecular complexity index is 1470. The van der Waals surface area contributed by atoms with Crippen LogP contribution in [0.3, 0.4) is 0 Å². The van der Waals surface area contributed by atoms with Gasteiger partial charge in [0, 0.05) is 6.42 Å². The molecule has 1 atom stereocenters. The van der Waals surface area contributed by atoms with Gasteiger partial charge in [-0.2, -0.15) is 13.2 Å². The molecule has 0 saturated heterocycles. The molecule has 4 N–H and O–H groups in total. The Kier molecular flexibility index (Phi) is 12.9. The topological polar surface area (TPSA) is 180 Å². The smallest absolute Gasteiger partial charge is 0.490 e. The van der Waals surface area contributed by atoms with E-state index in [2.05, 4.69) is 15.0 Å². The van der Waals surface area contributed by atoms with Crippen LogP contribution in [0.4, 0.5) is 13.2 Å². The van der Waals surface area contributed by atoms with E-state index in [1.54, 1.807) is 18.2 Å². The zero-order valence-corrected chi connectivity index (χ0v) is 23.8. The largest absolute Gasteiger partial charge is 0.493 e. The summed E-state index contributed by atoms with van der Waals surface area (Å²) in [6, 6.07) is 16.5. The van der Waals surface area contributed by atoms with Crippen LogP contribution < -0.4 is 20.5 Å². The number of nitrogens with two attached hydrogens (primary N) is 1. The van der Waals surface area contributed by atoms with Crippen LogP contribution in [-0.2, 0) is 38.4 Å². The van der Waals surface area contributed by atoms with Gasteiger partial charge in [-0.3, -0.25) is 14.9 Å². The molecule has 15 heteroatoms. The minimum Gasteiger partial charge on any atom is -0.493 e. The van der Waals surface area contributed by atoms with E-state index in [-0.39, 0.29) is 42.5 Å². The number of esters is 1. The highest BCUT2D eigenvalue weighted by molar-refractivity contribution is 5.98. The van der Waals surface area contributed by atoms with Gasteiger partial charge in [0.2, 0.25) is 11.7 Å². The summed E-state index contributed by atoms with van der Waals surface area (Å²) >= 11 is 0. The van der Waals surface area contributed by atoms with Gasteiger partial charge in [-0.1, -0.05) is 36.4 Å². The molecule has 0 spiro atoms. The predicted octanol–water partition coefficient (Wildman–Crippen LogP) is 3.11. The Morgan fingerprint density at radius 1 is 0.932 bits per heavy atom. The lowest BCUT2D eigenvalue weighted by Gasteiger charge is -2.13. The molecule has 44 heavy (non-hydrogen) atoms. The monoisotopic (exact) mass is 621 g/mol. The maximum Gasteiger partial charge on any atom is 0.490 e. The molecular weight excluding hydrogens is 591 g/mol. The molecule has 0 aliphatic heterocycles. The SMILES string of the molecule is COC(=O)c1ccc(CC(=O)[C@@H](Cc2ccccc2)N=C(N)NC(=O)Cc2ccc(OC)c(OC)c2)o1.O=C(O)C(F)(F)F. The number of carbonyl (C=O) groups is 4. The second kappa shape index (κ2) is 16.3. The van der Waals surface area contributed by atoms with Crippen LogP contribution >= 0.6 is 0 Å². The highest BCUT2D eigenvalue weighted by Crippen LogP contribution is 2.27. The molecule has 1 aromatic heterocycles. The number of aliphatic imine (C=N–C) groups is 1. The number of alkyl halides is 3. The molecule has 0 bridgehead atoms. The summed E-state index contributed by atoms with van der Waals surface area (Å²) in [5.41, 5.74) is 7.56. The zero-order chi connectivity index (χ0) is 32.9. The molecule has 0 saturated carbocycles. The Morgan fingerprint density at radius 2 is 1.57 bits per heavy atom. The number of rotatable bonds is 11. The van der Waals surface area contributed by atoms with Crippen LogP contribution in [0, 0.1) is 0 Å². The fourth-order valence-electron chi connectivity index (χ4n) is 3.60. The van der Waals surface area contributed by atoms with Gasteiger partial charge in [-0.25, -0.2) is 14.6 Å². The number of Topliss-reactive ketones (excluding diaryl/α,β-unsaturated/α-hetero) is 1. The molecule has 1 heterocycles. The summed E-state index contributed by atoms with van der Waals surface area (Å²) in [5.74, 6) is -2.97. The van der Waals surface area contributed by atoms with Gasteiger partial charge in [0.25, 0.3) is 0 Å². The lowest BCUT2D eigenvalue weighted by molar-refractivity contribution is -0.192. The van der Waals surface area contributed by atoms with E-state index in [0.717, 1.165) is 5.56 Å². The number of furan rings is 1. The molecule has 0 aliphatic carbocycles. The van der Waals surface area contributed by atoms with Crippen LogP contribution in [0.5, 0.6) is 11.5 Å². The van der Waals surface area contributed by atoms with Gasteiger partial charge < -0.3 is 29.5 Å². The quantitative estimate of drug-likeness (QED) is 0.164. The first-order chi connectivity index (χ1) is 20.8. The number of carbonyl (C=O) groups excluding carboxylic acids is 3. The van der Waals surface area contributed by atoms with Crippen LogP contribution in [0.2, 0.25) is 0 Å². The molecular formula is C29H30F3N3O9. The number of hydrogen-bond donors (Lipinski definition) is 3. The van der Waals surface area contributed by atoms with Crippen molar-refractivity contribution in [3.05, 3.63) is 83.3 Å². The third-order valence-electron chi connectivity index (χ3n) is 5.66. The lowest BCUT2D eigenvalue weighted by Crippen LogP contribution is -2.40. The Morgan fingerprint density at radius 3 is 2.14 bits per heavy atom. The maximum atomic E-state index is 13.1. The van der Waals surface area contributed by atoms with Gasteiger partial charge in [0.15, 0.2) is 23.2 Å². The molecule has 2 aromatic carbocycles. The van der Waals surface area contributed by atoms with E-state index < -0.39 is 30.1 Å². The standard InChI is InChI=1S/C27H29N3O7.C2HF3O2/c1-34-22-11-9-18(14-24(22)35-2)15-25(32)30-27(28)29-20(13-17-7-5-4-6-8-17)21(31)16-19-10-12-23(37-19)26(33)36-3;3-2(4,5)1(6)7/h4-12,14,20H,13,15-16H2,1-3H3,(H3,28,29,30,32);(H,6,7)/t20-;/m1./s1. The predicted molar refractivity (Wildman–Crippen MR) is 149 cm³/mol. The number of carboxylic acids is 1. The molecule has 236 valence electrons. The van der Waals surface area contributed by atoms with Gasteiger partial charge in [-0.15, -0.1) is 0 Å². The van der Waals surface area contributed by atoms with Crippen LogP contribution in [0.15, 0.2) is 70.1 Å². The summed E-state index contributed by atoms with van der Waals surface area (Å²) in [4.78, 5) is 50.6. The summed E-state index contributed by atoms with van der Waals surface area (Å²) in [5, 5.41) is 9.66. The lowest BCUT2D eigenvalue weighted by atomic mass is 10.0. The van der Waals surface area contributed by atoms with E-state index in [9.17, 15) is 27.6 Å². The number of benzene rings is 2. The van der Waals surface area contributed by atoms with Crippen molar-refractivity contribution in [3.8, 4) is 11.5 Å². The normalized spacial score (nSPS) is 11.8. The molecule has 12 nitrogen and oxygen atoms in total. The average molecular weight is 622 g/mol. The summed E-state index contributed by atoms with van der Waals surface area (Å²) in [6.45, 7) is 0. The van der Waals surface area contributed by atoms with E-state index >= 15 is 0 Å². The number of nitrogens with one attached hydrogen (secondary N) is 1. The number of carboxylic acid groups (broad SMARTS) is 1. The van der Waals surface area contributed by atoms with Crippen molar-refractivity contribution < 1.29 is 56.1 Å². The van der Waals surface area contributed by atoms with Gasteiger partial charge >= 0.3 is 18.1 Å². The van der Waals surface area contributed by atoms with Crippen LogP contribution in [0.1, 0.15) is 27.4 Å². The second-order valence-corrected chi connectivity index (χ2v) is 8.84. The van der Waals surface area contributed by atoms with Crippen molar-refractivity contribution in [2.24, 2.45) is 10.7 Å². The van der Waals surface area contributed by atoms with Gasteiger partial charge in [-0.05, 0) is 35.4 Å². The molecule has 0 fully saturated rings. The molecule has 0 unspecified atom stereocenters. The van der Waals surface area contributed by atoms with Crippen molar-refractivity contribution in [1.82, 2.24) is 5.32 Å². The molecule has 0 aliphatic rings. The molecule has 0 radical (unpaired) electrons. The fourth-order valence-corrected chi connectivity index (χ4v) is 3.60. The number of methoxy groups -OCH3 is 3. The van der Waals surface area contributed by atoms with Crippen molar-refractivity contribution >= 4 is 29.6 Å². The first-order valence-electron chi connectivity index (χ1n) is 12.6. The number of ether oxygens (including phenoxy) is 3. The summed E-state index contributed by atoms with van der Waals surface area (Å²) in [6.07, 6.45) is -4.93. The molecule has 3 rings (SSSR count). The molecule has 1 amide bonds. The van der Waals surface area contributed by atoms with Crippen LogP contribution in [0.25, 0.3) is 0 Å². The number of aliphatic carboxylic acids is 1. The third kappa shape index (κ3) is 11.2. The third-order valence-corrected chi connectivity index (χ3v) is 5.66. The number of ketones is 1. The van der Waals surface area contributed by atoms with Crippen LogP contribution in [-0.4, -0.2) is 68.2 Å². The van der Waals surface area contributed by atoms with Gasteiger partial charge in [0.1, 0.15) is 11.8 Å². The van der Waals surface area contributed by atoms with E-state index in [0.29, 0.717) is 17.1 Å². The fraction of sp³-hybridized carbons (Fsp3) is 0.276. The summed E-state index contributed by atoms with van der Waals surface area (Å²) in [7, 11) is 4.27. The Balaban J connectivity index is 0.000000860. The zero-order valence-electron chi connectivity index (χ0n) is 23.8. The highest BCUT2D eigenvalue weighted by Gasteiger charge is 2.38. The second-order valence-electron chi connectivity index (χ2n) is 8.84. The number of guanidine groups is 1. The Labute approximate surface area is 249 Å². The number of hydrogen-bond acceptors (Lipinski definition) is 9. The van der Waals surface area contributed by atoms with Crippen molar-refractivity contribution in [1.29, 1.82) is 0 Å². The number of halogens is 3.